The first-order valence-electron chi connectivity index (χ1n) is 7.46. The van der Waals surface area contributed by atoms with Crippen molar-refractivity contribution in [3.63, 3.8) is 0 Å². The molecule has 1 fully saturated rings. The highest BCUT2D eigenvalue weighted by atomic mass is 19.1. The lowest BCUT2D eigenvalue weighted by atomic mass is 9.68. The molecule has 1 aromatic carbocycles. The number of ether oxygens (including phenoxy) is 1. The molecule has 0 radical (unpaired) electrons. The van der Waals surface area contributed by atoms with Gasteiger partial charge in [-0.25, -0.2) is 4.39 Å². The van der Waals surface area contributed by atoms with Gasteiger partial charge in [0.25, 0.3) is 0 Å². The first kappa shape index (κ1) is 13.8. The van der Waals surface area contributed by atoms with Crippen molar-refractivity contribution in [2.24, 2.45) is 11.1 Å². The average Bonchev–Trinajstić information content (AvgIpc) is 2.82. The van der Waals surface area contributed by atoms with E-state index in [1.54, 1.807) is 12.1 Å². The van der Waals surface area contributed by atoms with Crippen molar-refractivity contribution in [3.05, 3.63) is 29.6 Å². The summed E-state index contributed by atoms with van der Waals surface area (Å²) in [4.78, 5) is 0. The number of hydrogen-bond acceptors (Lipinski definition) is 3. The average molecular weight is 279 g/mol. The van der Waals surface area contributed by atoms with E-state index in [1.165, 1.54) is 6.07 Å². The van der Waals surface area contributed by atoms with Crippen molar-refractivity contribution < 1.29 is 14.2 Å². The maximum absolute atomic E-state index is 13.2. The monoisotopic (exact) mass is 279 g/mol. The molecule has 3 rings (SSSR count). The molecule has 110 valence electrons. The van der Waals surface area contributed by atoms with Gasteiger partial charge in [-0.2, -0.15) is 0 Å². The maximum Gasteiger partial charge on any atom is 0.123 e. The van der Waals surface area contributed by atoms with Gasteiger partial charge in [0.15, 0.2) is 0 Å². The topological polar surface area (TPSA) is 55.5 Å². The summed E-state index contributed by atoms with van der Waals surface area (Å²) in [6, 6.07) is 4.66. The van der Waals surface area contributed by atoms with Crippen molar-refractivity contribution in [1.82, 2.24) is 0 Å². The number of rotatable bonds is 3. The first-order chi connectivity index (χ1) is 9.63. The number of hydrogen-bond donors (Lipinski definition) is 2. The molecular formula is C16H22FNO2. The van der Waals surface area contributed by atoms with Crippen LogP contribution in [0.4, 0.5) is 4.39 Å². The van der Waals surface area contributed by atoms with Crippen LogP contribution in [-0.4, -0.2) is 23.9 Å². The highest BCUT2D eigenvalue weighted by Crippen LogP contribution is 2.42. The van der Waals surface area contributed by atoms with Gasteiger partial charge in [0.2, 0.25) is 0 Å². The lowest BCUT2D eigenvalue weighted by Crippen LogP contribution is -2.46. The minimum atomic E-state index is -0.342. The van der Waals surface area contributed by atoms with E-state index in [0.717, 1.165) is 43.4 Å². The van der Waals surface area contributed by atoms with E-state index in [-0.39, 0.29) is 23.4 Å². The Kier molecular flexibility index (Phi) is 3.69. The van der Waals surface area contributed by atoms with Gasteiger partial charge in [-0.3, -0.25) is 0 Å². The Hall–Kier alpha value is -1.13. The van der Waals surface area contributed by atoms with Gasteiger partial charge < -0.3 is 15.6 Å². The van der Waals surface area contributed by atoms with Gasteiger partial charge in [-0.1, -0.05) is 12.8 Å². The second-order valence-electron chi connectivity index (χ2n) is 6.23. The standard InChI is InChI=1S/C16H22FNO2/c17-12-4-5-14-11(7-12)8-13(20-14)9-16(10-18)6-2-1-3-15(16)19/h4-5,7,13,15,19H,1-3,6,8-10,18H2. The van der Waals surface area contributed by atoms with E-state index < -0.39 is 0 Å². The molecule has 3 atom stereocenters. The number of halogens is 1. The van der Waals surface area contributed by atoms with Crippen LogP contribution in [0.5, 0.6) is 5.75 Å². The van der Waals surface area contributed by atoms with Crippen LogP contribution >= 0.6 is 0 Å². The normalized spacial score (nSPS) is 32.8. The summed E-state index contributed by atoms with van der Waals surface area (Å²) in [6.07, 6.45) is 5.08. The fourth-order valence-corrected chi connectivity index (χ4v) is 3.70. The zero-order valence-corrected chi connectivity index (χ0v) is 11.6. The van der Waals surface area contributed by atoms with Gasteiger partial charge in [0.1, 0.15) is 17.7 Å². The molecule has 1 aromatic rings. The Morgan fingerprint density at radius 3 is 3.00 bits per heavy atom. The van der Waals surface area contributed by atoms with Crippen LogP contribution in [0.25, 0.3) is 0 Å². The van der Waals surface area contributed by atoms with Crippen molar-refractivity contribution in [1.29, 1.82) is 0 Å². The third-order valence-electron chi connectivity index (χ3n) is 4.91. The zero-order chi connectivity index (χ0) is 14.2. The third kappa shape index (κ3) is 2.42. The molecule has 1 saturated carbocycles. The number of aliphatic hydroxyl groups excluding tert-OH is 1. The quantitative estimate of drug-likeness (QED) is 0.893. The summed E-state index contributed by atoms with van der Waals surface area (Å²) >= 11 is 0. The fraction of sp³-hybridized carbons (Fsp3) is 0.625. The highest BCUT2D eigenvalue weighted by molar-refractivity contribution is 5.38. The molecule has 3 nitrogen and oxygen atoms in total. The van der Waals surface area contributed by atoms with Gasteiger partial charge in [-0.15, -0.1) is 0 Å². The first-order valence-corrected chi connectivity index (χ1v) is 7.46. The lowest BCUT2D eigenvalue weighted by Gasteiger charge is -2.42. The van der Waals surface area contributed by atoms with Crippen LogP contribution in [0.1, 0.15) is 37.7 Å². The molecule has 0 bridgehead atoms. The summed E-state index contributed by atoms with van der Waals surface area (Å²) in [6.45, 7) is 0.485. The molecule has 4 heteroatoms. The van der Waals surface area contributed by atoms with E-state index in [4.69, 9.17) is 10.5 Å². The highest BCUT2D eigenvalue weighted by Gasteiger charge is 2.42. The Bertz CT molecular complexity index is 493. The van der Waals surface area contributed by atoms with Crippen LogP contribution in [0.2, 0.25) is 0 Å². The molecule has 1 aliphatic heterocycles. The fourth-order valence-electron chi connectivity index (χ4n) is 3.70. The van der Waals surface area contributed by atoms with Crippen LogP contribution < -0.4 is 10.5 Å². The van der Waals surface area contributed by atoms with Crippen molar-refractivity contribution in [2.45, 2.75) is 50.7 Å². The Labute approximate surface area is 118 Å². The van der Waals surface area contributed by atoms with Crippen LogP contribution in [0.3, 0.4) is 0 Å². The van der Waals surface area contributed by atoms with Crippen LogP contribution in [0, 0.1) is 11.2 Å². The van der Waals surface area contributed by atoms with Crippen molar-refractivity contribution >= 4 is 0 Å². The van der Waals surface area contributed by atoms with Crippen molar-refractivity contribution in [2.75, 3.05) is 6.54 Å². The van der Waals surface area contributed by atoms with Gasteiger partial charge in [0, 0.05) is 23.9 Å². The molecule has 3 unspecified atom stereocenters. The Morgan fingerprint density at radius 1 is 1.40 bits per heavy atom. The summed E-state index contributed by atoms with van der Waals surface area (Å²) < 4.78 is 19.1. The minimum absolute atomic E-state index is 0.00287. The molecular weight excluding hydrogens is 257 g/mol. The molecule has 3 N–H and O–H groups in total. The molecule has 2 aliphatic rings. The Balaban J connectivity index is 1.73. The van der Waals surface area contributed by atoms with Gasteiger partial charge in [0.05, 0.1) is 6.10 Å². The summed E-state index contributed by atoms with van der Waals surface area (Å²) in [5, 5.41) is 10.3. The van der Waals surface area contributed by atoms with E-state index in [9.17, 15) is 9.50 Å². The number of aliphatic hydroxyl groups is 1. The summed E-state index contributed by atoms with van der Waals surface area (Å²) in [5.74, 6) is 0.549. The molecule has 0 aromatic heterocycles. The van der Waals surface area contributed by atoms with Crippen molar-refractivity contribution in [3.8, 4) is 5.75 Å². The molecule has 0 spiro atoms. The van der Waals surface area contributed by atoms with Gasteiger partial charge >= 0.3 is 0 Å². The maximum atomic E-state index is 13.2. The molecule has 1 heterocycles. The number of benzene rings is 1. The lowest BCUT2D eigenvalue weighted by molar-refractivity contribution is -0.0307. The molecule has 0 amide bonds. The molecule has 1 aliphatic carbocycles. The van der Waals surface area contributed by atoms with Gasteiger partial charge in [-0.05, 0) is 37.5 Å². The van der Waals surface area contributed by atoms with E-state index in [0.29, 0.717) is 13.0 Å². The summed E-state index contributed by atoms with van der Waals surface area (Å²) in [5.41, 5.74) is 6.65. The predicted octanol–water partition coefficient (Wildman–Crippen LogP) is 2.40. The molecule has 0 saturated heterocycles. The Morgan fingerprint density at radius 2 is 2.25 bits per heavy atom. The van der Waals surface area contributed by atoms with E-state index >= 15 is 0 Å². The van der Waals surface area contributed by atoms with E-state index in [2.05, 4.69) is 0 Å². The van der Waals surface area contributed by atoms with Crippen LogP contribution in [0.15, 0.2) is 18.2 Å². The largest absolute Gasteiger partial charge is 0.490 e. The number of nitrogens with two attached hydrogens (primary N) is 1. The second kappa shape index (κ2) is 5.34. The third-order valence-corrected chi connectivity index (χ3v) is 4.91. The SMILES string of the molecule is NCC1(CC2Cc3cc(F)ccc3O2)CCCCC1O. The smallest absolute Gasteiger partial charge is 0.123 e. The second-order valence-corrected chi connectivity index (χ2v) is 6.23. The predicted molar refractivity (Wildman–Crippen MR) is 75.1 cm³/mol. The zero-order valence-electron chi connectivity index (χ0n) is 11.6. The van der Waals surface area contributed by atoms with E-state index in [1.807, 2.05) is 0 Å². The van der Waals surface area contributed by atoms with Crippen LogP contribution in [-0.2, 0) is 6.42 Å². The number of fused-ring (bicyclic) bond motifs is 1. The minimum Gasteiger partial charge on any atom is -0.490 e. The molecule has 20 heavy (non-hydrogen) atoms. The summed E-state index contributed by atoms with van der Waals surface area (Å²) in [7, 11) is 0.